The van der Waals surface area contributed by atoms with Crippen molar-refractivity contribution < 1.29 is 9.13 Å². The van der Waals surface area contributed by atoms with Gasteiger partial charge in [-0.15, -0.1) is 0 Å². The number of fused-ring (bicyclic) bond motifs is 2. The summed E-state index contributed by atoms with van der Waals surface area (Å²) in [6.07, 6.45) is 6.19. The number of H-pyrrole nitrogens is 2. The number of aromatic nitrogens is 4. The summed E-state index contributed by atoms with van der Waals surface area (Å²) in [5.41, 5.74) is 8.74. The van der Waals surface area contributed by atoms with E-state index in [2.05, 4.69) is 56.3 Å². The number of hydrogen-bond donors (Lipinski definition) is 2. The lowest BCUT2D eigenvalue weighted by Gasteiger charge is -2.15. The minimum absolute atomic E-state index is 0.307. The molecule has 1 saturated heterocycles. The molecule has 2 N–H and O–H groups in total. The molecule has 4 heterocycles. The number of aryl methyl sites for hydroxylation is 1. The van der Waals surface area contributed by atoms with E-state index in [-0.39, 0.29) is 5.82 Å². The molecule has 0 unspecified atom stereocenters. The van der Waals surface area contributed by atoms with Crippen LogP contribution in [0.25, 0.3) is 55.4 Å². The van der Waals surface area contributed by atoms with Crippen LogP contribution in [0.4, 0.5) is 4.39 Å². The summed E-state index contributed by atoms with van der Waals surface area (Å²) in [7, 11) is 0. The fourth-order valence-electron chi connectivity index (χ4n) is 5.79. The minimum atomic E-state index is -0.307. The molecule has 0 atom stereocenters. The number of pyridine rings is 1. The summed E-state index contributed by atoms with van der Waals surface area (Å²) in [4.78, 5) is 10.2. The van der Waals surface area contributed by atoms with Crippen molar-refractivity contribution in [3.63, 3.8) is 0 Å². The Morgan fingerprint density at radius 3 is 2.67 bits per heavy atom. The number of likely N-dealkylation sites (tertiary alicyclic amines) is 1. The van der Waals surface area contributed by atoms with Crippen molar-refractivity contribution in [2.24, 2.45) is 0 Å². The fourth-order valence-corrected chi connectivity index (χ4v) is 5.79. The van der Waals surface area contributed by atoms with Crippen LogP contribution in [0.1, 0.15) is 18.4 Å². The van der Waals surface area contributed by atoms with Gasteiger partial charge in [0.05, 0.1) is 11.2 Å². The average molecular weight is 532 g/mol. The Kier molecular flexibility index (Phi) is 6.28. The van der Waals surface area contributed by atoms with Crippen LogP contribution in [0.2, 0.25) is 0 Å². The monoisotopic (exact) mass is 531 g/mol. The van der Waals surface area contributed by atoms with Gasteiger partial charge in [0.15, 0.2) is 0 Å². The fraction of sp³-hybridized carbons (Fsp3) is 0.212. The van der Waals surface area contributed by atoms with Gasteiger partial charge in [-0.25, -0.2) is 4.39 Å². The molecular weight excluding hydrogens is 501 g/mol. The van der Waals surface area contributed by atoms with E-state index >= 15 is 0 Å². The van der Waals surface area contributed by atoms with E-state index in [4.69, 9.17) is 4.74 Å². The molecule has 1 aliphatic rings. The molecule has 1 aliphatic heterocycles. The van der Waals surface area contributed by atoms with E-state index in [0.29, 0.717) is 12.4 Å². The third-order valence-corrected chi connectivity index (χ3v) is 7.89. The number of nitrogens with one attached hydrogen (secondary N) is 2. The van der Waals surface area contributed by atoms with Crippen molar-refractivity contribution in [1.29, 1.82) is 0 Å². The first kappa shape index (κ1) is 24.5. The SMILES string of the molecule is Cc1ccncc1-c1ccc2[nH]nc(-c3cc4c(-c5cc(F)cc(OCCN6CCCC6)c5)cccc4[nH]3)c2c1. The van der Waals surface area contributed by atoms with Crippen LogP contribution < -0.4 is 4.74 Å². The molecule has 40 heavy (non-hydrogen) atoms. The molecule has 0 amide bonds. The van der Waals surface area contributed by atoms with Crippen molar-refractivity contribution in [1.82, 2.24) is 25.1 Å². The second-order valence-corrected chi connectivity index (χ2v) is 10.5. The van der Waals surface area contributed by atoms with Crippen molar-refractivity contribution in [3.05, 3.63) is 90.5 Å². The Morgan fingerprint density at radius 2 is 1.80 bits per heavy atom. The van der Waals surface area contributed by atoms with Gasteiger partial charge in [0.25, 0.3) is 0 Å². The highest BCUT2D eigenvalue weighted by atomic mass is 19.1. The Morgan fingerprint density at radius 1 is 0.900 bits per heavy atom. The molecule has 0 spiro atoms. The third-order valence-electron chi connectivity index (χ3n) is 7.89. The first-order valence-electron chi connectivity index (χ1n) is 13.8. The molecule has 6 nitrogen and oxygen atoms in total. The number of nitrogens with zero attached hydrogens (tertiary/aromatic N) is 3. The zero-order valence-corrected chi connectivity index (χ0v) is 22.4. The number of aromatic amines is 2. The lowest BCUT2D eigenvalue weighted by Crippen LogP contribution is -2.25. The maximum atomic E-state index is 14.7. The quantitative estimate of drug-likeness (QED) is 0.226. The molecule has 1 fully saturated rings. The van der Waals surface area contributed by atoms with Crippen LogP contribution >= 0.6 is 0 Å². The van der Waals surface area contributed by atoms with Gasteiger partial charge in [-0.05, 0) is 97.6 Å². The summed E-state index contributed by atoms with van der Waals surface area (Å²) < 4.78 is 20.7. The number of ether oxygens (including phenoxy) is 1. The summed E-state index contributed by atoms with van der Waals surface area (Å²) >= 11 is 0. The topological polar surface area (TPSA) is 69.8 Å². The largest absolute Gasteiger partial charge is 0.492 e. The summed E-state index contributed by atoms with van der Waals surface area (Å²) in [6, 6.07) is 21.4. The first-order chi connectivity index (χ1) is 19.6. The van der Waals surface area contributed by atoms with Crippen LogP contribution in [0.15, 0.2) is 79.1 Å². The molecule has 6 aromatic rings. The van der Waals surface area contributed by atoms with E-state index in [1.165, 1.54) is 24.5 Å². The number of halogens is 1. The van der Waals surface area contributed by atoms with Gasteiger partial charge < -0.3 is 9.72 Å². The Balaban J connectivity index is 1.24. The van der Waals surface area contributed by atoms with Gasteiger partial charge in [0.2, 0.25) is 0 Å². The third kappa shape index (κ3) is 4.62. The molecule has 0 aliphatic carbocycles. The predicted octanol–water partition coefficient (Wildman–Crippen LogP) is 7.36. The predicted molar refractivity (Wildman–Crippen MR) is 158 cm³/mol. The smallest absolute Gasteiger partial charge is 0.127 e. The second kappa shape index (κ2) is 10.2. The highest BCUT2D eigenvalue weighted by Gasteiger charge is 2.16. The van der Waals surface area contributed by atoms with E-state index in [1.807, 2.05) is 42.7 Å². The molecule has 3 aromatic carbocycles. The van der Waals surface area contributed by atoms with E-state index in [0.717, 1.165) is 75.1 Å². The van der Waals surface area contributed by atoms with Crippen LogP contribution in [0, 0.1) is 12.7 Å². The normalized spacial score (nSPS) is 13.9. The zero-order valence-electron chi connectivity index (χ0n) is 22.4. The Hall–Kier alpha value is -4.49. The average Bonchev–Trinajstić information content (AvgIpc) is 3.72. The highest BCUT2D eigenvalue weighted by Crippen LogP contribution is 2.36. The number of rotatable bonds is 7. The van der Waals surface area contributed by atoms with Crippen molar-refractivity contribution in [2.75, 3.05) is 26.2 Å². The van der Waals surface area contributed by atoms with Gasteiger partial charge >= 0.3 is 0 Å². The summed E-state index contributed by atoms with van der Waals surface area (Å²) in [6.45, 7) is 5.74. The van der Waals surface area contributed by atoms with Crippen molar-refractivity contribution in [2.45, 2.75) is 19.8 Å². The standard InChI is InChI=1S/C33H30FN5O/c1-21-9-10-35-20-29(21)22-7-8-31-28(17-22)33(38-37-31)32-19-27-26(5-4-6-30(27)36-32)23-15-24(34)18-25(16-23)40-14-13-39-11-2-3-12-39/h4-10,15-20,36H,2-3,11-14H2,1H3,(H,37,38). The van der Waals surface area contributed by atoms with Crippen LogP contribution in [-0.2, 0) is 0 Å². The highest BCUT2D eigenvalue weighted by molar-refractivity contribution is 6.02. The molecule has 7 rings (SSSR count). The number of hydrogen-bond acceptors (Lipinski definition) is 4. The zero-order chi connectivity index (χ0) is 27.1. The summed E-state index contributed by atoms with van der Waals surface area (Å²) in [5, 5.41) is 9.85. The van der Waals surface area contributed by atoms with Crippen LogP contribution in [0.3, 0.4) is 0 Å². The van der Waals surface area contributed by atoms with E-state index in [9.17, 15) is 4.39 Å². The van der Waals surface area contributed by atoms with Gasteiger partial charge in [0, 0.05) is 46.9 Å². The van der Waals surface area contributed by atoms with Crippen molar-refractivity contribution >= 4 is 21.8 Å². The molecule has 7 heteroatoms. The van der Waals surface area contributed by atoms with Gasteiger partial charge in [-0.1, -0.05) is 18.2 Å². The summed E-state index contributed by atoms with van der Waals surface area (Å²) in [5.74, 6) is 0.247. The Bertz CT molecular complexity index is 1830. The first-order valence-corrected chi connectivity index (χ1v) is 13.8. The molecular formula is C33H30FN5O. The second-order valence-electron chi connectivity index (χ2n) is 10.5. The minimum Gasteiger partial charge on any atom is -0.492 e. The van der Waals surface area contributed by atoms with Gasteiger partial charge in [0.1, 0.15) is 23.9 Å². The molecule has 0 radical (unpaired) electrons. The maximum absolute atomic E-state index is 14.7. The van der Waals surface area contributed by atoms with E-state index < -0.39 is 0 Å². The van der Waals surface area contributed by atoms with Gasteiger partial charge in [-0.3, -0.25) is 15.0 Å². The lowest BCUT2D eigenvalue weighted by molar-refractivity contribution is 0.237. The lowest BCUT2D eigenvalue weighted by atomic mass is 10.00. The van der Waals surface area contributed by atoms with Crippen LogP contribution in [-0.4, -0.2) is 51.3 Å². The maximum Gasteiger partial charge on any atom is 0.127 e. The molecule has 200 valence electrons. The Labute approximate surface area is 231 Å². The molecule has 3 aromatic heterocycles. The molecule has 0 bridgehead atoms. The van der Waals surface area contributed by atoms with Gasteiger partial charge in [-0.2, -0.15) is 5.10 Å². The van der Waals surface area contributed by atoms with Crippen LogP contribution in [0.5, 0.6) is 5.75 Å². The van der Waals surface area contributed by atoms with Crippen molar-refractivity contribution in [3.8, 4) is 39.4 Å². The number of benzene rings is 3. The van der Waals surface area contributed by atoms with E-state index in [1.54, 1.807) is 6.07 Å². The molecule has 0 saturated carbocycles.